The van der Waals surface area contributed by atoms with Crippen LogP contribution in [0.25, 0.3) is 0 Å². The van der Waals surface area contributed by atoms with Gasteiger partial charge >= 0.3 is 0 Å². The van der Waals surface area contributed by atoms with Crippen LogP contribution < -0.4 is 5.32 Å². The quantitative estimate of drug-likeness (QED) is 0.868. The van der Waals surface area contributed by atoms with Crippen LogP contribution in [0, 0.1) is 19.8 Å². The fourth-order valence-corrected chi connectivity index (χ4v) is 3.13. The second-order valence-corrected chi connectivity index (χ2v) is 6.17. The van der Waals surface area contributed by atoms with E-state index in [9.17, 15) is 4.79 Å². The largest absolute Gasteiger partial charge is 0.356 e. The lowest BCUT2D eigenvalue weighted by atomic mass is 9.85. The first-order valence-corrected chi connectivity index (χ1v) is 7.62. The summed E-state index contributed by atoms with van der Waals surface area (Å²) >= 11 is 0. The topological polar surface area (TPSA) is 34.0 Å². The minimum Gasteiger partial charge on any atom is -0.356 e. The second kappa shape index (κ2) is 5.03. The molecule has 104 valence electrons. The first-order chi connectivity index (χ1) is 9.16. The second-order valence-electron chi connectivity index (χ2n) is 6.17. The standard InChI is InChI=1S/C16H24N2O/c1-11-10-14(12(2)18(11)15-6-7-15)8-9-17-16(19)13-4-3-5-13/h10,13,15H,3-9H2,1-2H3,(H,17,19). The van der Waals surface area contributed by atoms with Gasteiger partial charge in [0.15, 0.2) is 0 Å². The number of rotatable bonds is 5. The molecule has 1 N–H and O–H groups in total. The van der Waals surface area contributed by atoms with Crippen molar-refractivity contribution in [2.24, 2.45) is 5.92 Å². The molecule has 2 fully saturated rings. The van der Waals surface area contributed by atoms with E-state index in [-0.39, 0.29) is 5.91 Å². The number of carbonyl (C=O) groups is 1. The van der Waals surface area contributed by atoms with Gasteiger partial charge in [0.25, 0.3) is 0 Å². The van der Waals surface area contributed by atoms with Gasteiger partial charge in [-0.05, 0) is 57.6 Å². The Morgan fingerprint density at radius 2 is 2.05 bits per heavy atom. The van der Waals surface area contributed by atoms with Crippen molar-refractivity contribution in [1.82, 2.24) is 9.88 Å². The summed E-state index contributed by atoms with van der Waals surface area (Å²) in [6, 6.07) is 3.04. The van der Waals surface area contributed by atoms with Crippen LogP contribution in [-0.2, 0) is 11.2 Å². The van der Waals surface area contributed by atoms with Gasteiger partial charge in [-0.25, -0.2) is 0 Å². The Labute approximate surface area is 115 Å². The summed E-state index contributed by atoms with van der Waals surface area (Å²) in [4.78, 5) is 11.8. The number of nitrogens with one attached hydrogen (secondary N) is 1. The van der Waals surface area contributed by atoms with E-state index in [0.29, 0.717) is 5.92 Å². The van der Waals surface area contributed by atoms with E-state index in [1.807, 2.05) is 0 Å². The third-order valence-corrected chi connectivity index (χ3v) is 4.67. The Kier molecular flexibility index (Phi) is 3.38. The van der Waals surface area contributed by atoms with Crippen molar-refractivity contribution in [3.8, 4) is 0 Å². The predicted molar refractivity (Wildman–Crippen MR) is 76.2 cm³/mol. The van der Waals surface area contributed by atoms with Crippen LogP contribution in [0.2, 0.25) is 0 Å². The Balaban J connectivity index is 1.54. The fraction of sp³-hybridized carbons (Fsp3) is 0.688. The molecule has 0 aliphatic heterocycles. The van der Waals surface area contributed by atoms with Crippen LogP contribution in [-0.4, -0.2) is 17.0 Å². The Hall–Kier alpha value is -1.25. The normalized spacial score (nSPS) is 19.3. The maximum Gasteiger partial charge on any atom is 0.223 e. The van der Waals surface area contributed by atoms with E-state index in [2.05, 4.69) is 29.8 Å². The van der Waals surface area contributed by atoms with Crippen molar-refractivity contribution < 1.29 is 4.79 Å². The van der Waals surface area contributed by atoms with E-state index < -0.39 is 0 Å². The lowest BCUT2D eigenvalue weighted by Gasteiger charge is -2.24. The Morgan fingerprint density at radius 1 is 1.32 bits per heavy atom. The van der Waals surface area contributed by atoms with Gasteiger partial charge < -0.3 is 9.88 Å². The van der Waals surface area contributed by atoms with Gasteiger partial charge in [0.05, 0.1) is 0 Å². The summed E-state index contributed by atoms with van der Waals surface area (Å²) in [5.74, 6) is 0.571. The molecule has 1 aromatic rings. The number of amides is 1. The highest BCUT2D eigenvalue weighted by molar-refractivity contribution is 5.79. The number of aromatic nitrogens is 1. The molecule has 0 saturated heterocycles. The number of carbonyl (C=O) groups excluding carboxylic acids is 1. The molecule has 0 bridgehead atoms. The van der Waals surface area contributed by atoms with Crippen LogP contribution in [0.3, 0.4) is 0 Å². The van der Waals surface area contributed by atoms with Gasteiger partial charge in [-0.15, -0.1) is 0 Å². The summed E-state index contributed by atoms with van der Waals surface area (Å²) in [6.45, 7) is 5.19. The zero-order valence-electron chi connectivity index (χ0n) is 12.0. The molecule has 1 heterocycles. The SMILES string of the molecule is Cc1cc(CCNC(=O)C2CCC2)c(C)n1C1CC1. The van der Waals surface area contributed by atoms with E-state index in [0.717, 1.165) is 31.8 Å². The van der Waals surface area contributed by atoms with Gasteiger partial charge in [0, 0.05) is 29.9 Å². The maximum absolute atomic E-state index is 11.8. The Bertz CT molecular complexity index is 481. The van der Waals surface area contributed by atoms with E-state index in [4.69, 9.17) is 0 Å². The highest BCUT2D eigenvalue weighted by Gasteiger charge is 2.27. The molecular formula is C16H24N2O. The Morgan fingerprint density at radius 3 is 2.63 bits per heavy atom. The molecule has 2 saturated carbocycles. The van der Waals surface area contributed by atoms with E-state index in [1.54, 1.807) is 0 Å². The number of hydrogen-bond acceptors (Lipinski definition) is 1. The third kappa shape index (κ3) is 2.56. The van der Waals surface area contributed by atoms with Crippen LogP contribution in [0.4, 0.5) is 0 Å². The van der Waals surface area contributed by atoms with Crippen molar-refractivity contribution >= 4 is 5.91 Å². The van der Waals surface area contributed by atoms with Gasteiger partial charge in [-0.1, -0.05) is 6.42 Å². The minimum atomic E-state index is 0.266. The van der Waals surface area contributed by atoms with E-state index in [1.165, 1.54) is 36.2 Å². The van der Waals surface area contributed by atoms with Crippen LogP contribution in [0.15, 0.2) is 6.07 Å². The van der Waals surface area contributed by atoms with Gasteiger partial charge in [0.2, 0.25) is 5.91 Å². The molecule has 3 rings (SSSR count). The summed E-state index contributed by atoms with van der Waals surface area (Å²) in [7, 11) is 0. The highest BCUT2D eigenvalue weighted by Crippen LogP contribution is 2.38. The monoisotopic (exact) mass is 260 g/mol. The maximum atomic E-state index is 11.8. The lowest BCUT2D eigenvalue weighted by molar-refractivity contribution is -0.127. The average Bonchev–Trinajstić information content (AvgIpc) is 3.05. The van der Waals surface area contributed by atoms with Crippen molar-refractivity contribution in [2.75, 3.05) is 6.54 Å². The minimum absolute atomic E-state index is 0.266. The highest BCUT2D eigenvalue weighted by atomic mass is 16.1. The lowest BCUT2D eigenvalue weighted by Crippen LogP contribution is -2.35. The molecule has 19 heavy (non-hydrogen) atoms. The molecule has 0 atom stereocenters. The number of hydrogen-bond donors (Lipinski definition) is 1. The third-order valence-electron chi connectivity index (χ3n) is 4.67. The first-order valence-electron chi connectivity index (χ1n) is 7.62. The summed E-state index contributed by atoms with van der Waals surface area (Å²) in [5, 5.41) is 3.09. The average molecular weight is 260 g/mol. The van der Waals surface area contributed by atoms with Crippen molar-refractivity contribution in [1.29, 1.82) is 0 Å². The fourth-order valence-electron chi connectivity index (χ4n) is 3.13. The van der Waals surface area contributed by atoms with Crippen molar-refractivity contribution in [2.45, 2.75) is 58.4 Å². The number of aryl methyl sites for hydroxylation is 1. The van der Waals surface area contributed by atoms with Gasteiger partial charge in [-0.3, -0.25) is 4.79 Å². The zero-order valence-corrected chi connectivity index (χ0v) is 12.0. The van der Waals surface area contributed by atoms with Crippen molar-refractivity contribution in [3.63, 3.8) is 0 Å². The smallest absolute Gasteiger partial charge is 0.223 e. The summed E-state index contributed by atoms with van der Waals surface area (Å²) < 4.78 is 2.48. The molecule has 2 aliphatic rings. The summed E-state index contributed by atoms with van der Waals surface area (Å²) in [6.07, 6.45) is 7.01. The molecule has 0 unspecified atom stereocenters. The molecule has 0 aromatic carbocycles. The van der Waals surface area contributed by atoms with Gasteiger partial charge in [0.1, 0.15) is 0 Å². The van der Waals surface area contributed by atoms with Crippen LogP contribution >= 0.6 is 0 Å². The predicted octanol–water partition coefficient (Wildman–Crippen LogP) is 2.90. The van der Waals surface area contributed by atoms with Crippen LogP contribution in [0.5, 0.6) is 0 Å². The molecule has 3 nitrogen and oxygen atoms in total. The molecule has 3 heteroatoms. The van der Waals surface area contributed by atoms with Gasteiger partial charge in [-0.2, -0.15) is 0 Å². The molecule has 0 spiro atoms. The van der Waals surface area contributed by atoms with Crippen molar-refractivity contribution in [3.05, 3.63) is 23.0 Å². The molecule has 1 aromatic heterocycles. The molecule has 0 radical (unpaired) electrons. The summed E-state index contributed by atoms with van der Waals surface area (Å²) in [5.41, 5.74) is 4.18. The molecule has 2 aliphatic carbocycles. The van der Waals surface area contributed by atoms with Crippen LogP contribution in [0.1, 0.15) is 55.1 Å². The molecule has 1 amide bonds. The first kappa shape index (κ1) is 12.8. The number of nitrogens with zero attached hydrogens (tertiary/aromatic N) is 1. The molecular weight excluding hydrogens is 236 g/mol. The van der Waals surface area contributed by atoms with E-state index >= 15 is 0 Å². The zero-order chi connectivity index (χ0) is 13.4.